The Kier molecular flexibility index (Phi) is 9.76. The van der Waals surface area contributed by atoms with E-state index < -0.39 is 0 Å². The molecular formula is C13H19Cl3N2O2. The van der Waals surface area contributed by atoms with Gasteiger partial charge in [-0.2, -0.15) is 0 Å². The van der Waals surface area contributed by atoms with Crippen LogP contribution >= 0.6 is 35.6 Å². The maximum Gasteiger partial charge on any atom is 0.257 e. The van der Waals surface area contributed by atoms with E-state index in [2.05, 4.69) is 10.6 Å². The van der Waals surface area contributed by atoms with Crippen LogP contribution in [0, 0.1) is 0 Å². The molecule has 1 rings (SSSR count). The number of hydrogen-bond donors (Lipinski definition) is 2. The normalized spacial score (nSPS) is 11.4. The van der Waals surface area contributed by atoms with Crippen molar-refractivity contribution in [3.8, 4) is 5.75 Å². The molecular weight excluding hydrogens is 323 g/mol. The van der Waals surface area contributed by atoms with Crippen molar-refractivity contribution in [3.05, 3.63) is 28.2 Å². The number of halogens is 3. The van der Waals surface area contributed by atoms with E-state index >= 15 is 0 Å². The first-order valence-electron chi connectivity index (χ1n) is 6.10. The van der Waals surface area contributed by atoms with Crippen LogP contribution in [0.15, 0.2) is 18.2 Å². The molecule has 0 aliphatic rings. The van der Waals surface area contributed by atoms with Gasteiger partial charge in [-0.05, 0) is 25.6 Å². The van der Waals surface area contributed by atoms with Crippen LogP contribution in [0.1, 0.15) is 13.8 Å². The first kappa shape index (κ1) is 19.3. The molecule has 0 heterocycles. The average molecular weight is 342 g/mol. The zero-order valence-electron chi connectivity index (χ0n) is 11.4. The highest BCUT2D eigenvalue weighted by Gasteiger charge is 2.06. The fraction of sp³-hybridized carbons (Fsp3) is 0.462. The van der Waals surface area contributed by atoms with Crippen LogP contribution in [-0.4, -0.2) is 31.6 Å². The van der Waals surface area contributed by atoms with Crippen LogP contribution in [-0.2, 0) is 4.79 Å². The summed E-state index contributed by atoms with van der Waals surface area (Å²) in [7, 11) is 0. The Morgan fingerprint density at radius 1 is 1.35 bits per heavy atom. The third kappa shape index (κ3) is 7.20. The lowest BCUT2D eigenvalue weighted by atomic mass is 10.3. The van der Waals surface area contributed by atoms with E-state index in [9.17, 15) is 4.79 Å². The molecule has 1 amide bonds. The second-order valence-corrected chi connectivity index (χ2v) is 4.94. The van der Waals surface area contributed by atoms with Crippen LogP contribution in [0.3, 0.4) is 0 Å². The quantitative estimate of drug-likeness (QED) is 0.802. The van der Waals surface area contributed by atoms with E-state index in [1.165, 1.54) is 0 Å². The minimum Gasteiger partial charge on any atom is -0.484 e. The summed E-state index contributed by atoms with van der Waals surface area (Å²) < 4.78 is 5.32. The van der Waals surface area contributed by atoms with E-state index in [-0.39, 0.29) is 31.0 Å². The Morgan fingerprint density at radius 3 is 2.65 bits per heavy atom. The summed E-state index contributed by atoms with van der Waals surface area (Å²) in [4.78, 5) is 11.6. The molecule has 0 radical (unpaired) electrons. The Hall–Kier alpha value is -0.680. The number of rotatable bonds is 7. The van der Waals surface area contributed by atoms with Crippen molar-refractivity contribution < 1.29 is 9.53 Å². The fourth-order valence-electron chi connectivity index (χ4n) is 1.45. The molecule has 0 saturated carbocycles. The van der Waals surface area contributed by atoms with Crippen molar-refractivity contribution in [3.63, 3.8) is 0 Å². The predicted molar refractivity (Wildman–Crippen MR) is 85.4 cm³/mol. The van der Waals surface area contributed by atoms with Crippen molar-refractivity contribution in [2.45, 2.75) is 19.9 Å². The molecule has 2 N–H and O–H groups in total. The SMILES string of the molecule is CCN[C@H](C)CNC(=O)COc1ccc(Cl)c(Cl)c1.Cl. The fourth-order valence-corrected chi connectivity index (χ4v) is 1.74. The van der Waals surface area contributed by atoms with Gasteiger partial charge in [-0.3, -0.25) is 4.79 Å². The largest absolute Gasteiger partial charge is 0.484 e. The maximum absolute atomic E-state index is 11.6. The number of amides is 1. The van der Waals surface area contributed by atoms with E-state index in [1.807, 2.05) is 13.8 Å². The summed E-state index contributed by atoms with van der Waals surface area (Å²) in [5.74, 6) is 0.347. The topological polar surface area (TPSA) is 50.4 Å². The number of hydrogen-bond acceptors (Lipinski definition) is 3. The molecule has 0 bridgehead atoms. The minimum absolute atomic E-state index is 0. The molecule has 1 atom stereocenters. The monoisotopic (exact) mass is 340 g/mol. The lowest BCUT2D eigenvalue weighted by molar-refractivity contribution is -0.123. The van der Waals surface area contributed by atoms with Gasteiger partial charge in [0.2, 0.25) is 0 Å². The molecule has 0 aliphatic heterocycles. The smallest absolute Gasteiger partial charge is 0.257 e. The number of benzene rings is 1. The molecule has 0 spiro atoms. The zero-order valence-corrected chi connectivity index (χ0v) is 13.7. The van der Waals surface area contributed by atoms with Crippen molar-refractivity contribution in [1.82, 2.24) is 10.6 Å². The number of carbonyl (C=O) groups excluding carboxylic acids is 1. The Balaban J connectivity index is 0.00000361. The Morgan fingerprint density at radius 2 is 2.05 bits per heavy atom. The second-order valence-electron chi connectivity index (χ2n) is 4.13. The molecule has 0 aromatic heterocycles. The molecule has 114 valence electrons. The highest BCUT2D eigenvalue weighted by molar-refractivity contribution is 6.42. The highest BCUT2D eigenvalue weighted by atomic mass is 35.5. The molecule has 7 heteroatoms. The number of ether oxygens (including phenoxy) is 1. The van der Waals surface area contributed by atoms with Gasteiger partial charge in [0.1, 0.15) is 5.75 Å². The van der Waals surface area contributed by atoms with E-state index in [1.54, 1.807) is 18.2 Å². The van der Waals surface area contributed by atoms with Crippen molar-refractivity contribution in [2.75, 3.05) is 19.7 Å². The summed E-state index contributed by atoms with van der Waals surface area (Å²) >= 11 is 11.6. The van der Waals surface area contributed by atoms with Gasteiger partial charge in [-0.25, -0.2) is 0 Å². The van der Waals surface area contributed by atoms with E-state index in [0.29, 0.717) is 22.3 Å². The third-order valence-corrected chi connectivity index (χ3v) is 3.16. The molecule has 1 aromatic carbocycles. The summed E-state index contributed by atoms with van der Waals surface area (Å²) in [5.41, 5.74) is 0. The molecule has 20 heavy (non-hydrogen) atoms. The summed E-state index contributed by atoms with van der Waals surface area (Å²) in [6, 6.07) is 5.12. The molecule has 1 aromatic rings. The number of carbonyl (C=O) groups is 1. The van der Waals surface area contributed by atoms with Gasteiger partial charge in [0.25, 0.3) is 5.91 Å². The molecule has 0 saturated heterocycles. The summed E-state index contributed by atoms with van der Waals surface area (Å²) in [6.07, 6.45) is 0. The van der Waals surface area contributed by atoms with Crippen LogP contribution in [0.2, 0.25) is 10.0 Å². The van der Waals surface area contributed by atoms with Crippen LogP contribution in [0.5, 0.6) is 5.75 Å². The lowest BCUT2D eigenvalue weighted by Gasteiger charge is -2.13. The summed E-state index contributed by atoms with van der Waals surface area (Å²) in [5, 5.41) is 6.84. The first-order chi connectivity index (χ1) is 9.02. The predicted octanol–water partition coefficient (Wildman–Crippen LogP) is 2.91. The Labute approximate surface area is 135 Å². The van der Waals surface area contributed by atoms with Gasteiger partial charge in [0.05, 0.1) is 10.0 Å². The van der Waals surface area contributed by atoms with Gasteiger partial charge >= 0.3 is 0 Å². The first-order valence-corrected chi connectivity index (χ1v) is 6.86. The number of likely N-dealkylation sites (N-methyl/N-ethyl adjacent to an activating group) is 1. The standard InChI is InChI=1S/C13H18Cl2N2O2.ClH/c1-3-16-9(2)7-17-13(18)8-19-10-4-5-11(14)12(15)6-10;/h4-6,9,16H,3,7-8H2,1-2H3,(H,17,18);1H/t9-;/m1./s1. The van der Waals surface area contributed by atoms with Crippen LogP contribution < -0.4 is 15.4 Å². The van der Waals surface area contributed by atoms with Gasteiger partial charge in [-0.1, -0.05) is 30.1 Å². The van der Waals surface area contributed by atoms with Crippen LogP contribution in [0.4, 0.5) is 0 Å². The van der Waals surface area contributed by atoms with E-state index in [4.69, 9.17) is 27.9 Å². The number of nitrogens with one attached hydrogen (secondary N) is 2. The molecule has 0 fully saturated rings. The summed E-state index contributed by atoms with van der Waals surface area (Å²) in [6.45, 7) is 5.42. The average Bonchev–Trinajstić information content (AvgIpc) is 2.38. The van der Waals surface area contributed by atoms with Gasteiger partial charge in [-0.15, -0.1) is 12.4 Å². The third-order valence-electron chi connectivity index (χ3n) is 2.42. The van der Waals surface area contributed by atoms with Crippen molar-refractivity contribution >= 4 is 41.5 Å². The molecule has 0 unspecified atom stereocenters. The molecule has 0 aliphatic carbocycles. The van der Waals surface area contributed by atoms with E-state index in [0.717, 1.165) is 6.54 Å². The highest BCUT2D eigenvalue weighted by Crippen LogP contribution is 2.26. The van der Waals surface area contributed by atoms with Gasteiger partial charge < -0.3 is 15.4 Å². The van der Waals surface area contributed by atoms with Gasteiger partial charge in [0.15, 0.2) is 6.61 Å². The zero-order chi connectivity index (χ0) is 14.3. The van der Waals surface area contributed by atoms with Crippen LogP contribution in [0.25, 0.3) is 0 Å². The second kappa shape index (κ2) is 10.1. The minimum atomic E-state index is -0.171. The van der Waals surface area contributed by atoms with Gasteiger partial charge in [0, 0.05) is 18.7 Å². The lowest BCUT2D eigenvalue weighted by Crippen LogP contribution is -2.40. The Bertz CT molecular complexity index is 430. The van der Waals surface area contributed by atoms with Crippen molar-refractivity contribution in [1.29, 1.82) is 0 Å². The van der Waals surface area contributed by atoms with Crippen molar-refractivity contribution in [2.24, 2.45) is 0 Å². The molecule has 4 nitrogen and oxygen atoms in total. The maximum atomic E-state index is 11.6.